The Morgan fingerprint density at radius 1 is 0.875 bits per heavy atom. The van der Waals surface area contributed by atoms with Gasteiger partial charge in [-0.3, -0.25) is 4.79 Å². The fourth-order valence-corrected chi connectivity index (χ4v) is 4.37. The largest absolute Gasteiger partial charge is 0.496 e. The first-order valence-electron chi connectivity index (χ1n) is 11.5. The van der Waals surface area contributed by atoms with Crippen LogP contribution in [0, 0.1) is 0 Å². The van der Waals surface area contributed by atoms with Gasteiger partial charge in [0.25, 0.3) is 0 Å². The van der Waals surface area contributed by atoms with Gasteiger partial charge in [-0.2, -0.15) is 0 Å². The number of allylic oxidation sites excluding steroid dienone is 2. The Balaban J connectivity index is 2.25. The van der Waals surface area contributed by atoms with E-state index in [4.69, 9.17) is 9.47 Å². The number of aliphatic hydroxyl groups is 1. The van der Waals surface area contributed by atoms with E-state index >= 15 is 0 Å². The van der Waals surface area contributed by atoms with Crippen molar-refractivity contribution >= 4 is 16.9 Å². The molecular formula is C28H34O4. The third-order valence-corrected chi connectivity index (χ3v) is 6.07. The van der Waals surface area contributed by atoms with Crippen molar-refractivity contribution in [2.24, 2.45) is 0 Å². The van der Waals surface area contributed by atoms with Crippen LogP contribution in [0.15, 0.2) is 54.6 Å². The van der Waals surface area contributed by atoms with E-state index < -0.39 is 5.60 Å². The average Bonchev–Trinajstić information content (AvgIpc) is 2.83. The molecule has 1 unspecified atom stereocenters. The standard InChI is InChI=1S/C28H34O4/c1-5-7-14-21-25-23(31-3)16-17-24(32-4)26(25)22(15-8-6-2)28(30,27(21)29)19-18-20-12-10-9-11-13-20/h9-17,30H,5-8,18-19H2,1-4H3/b21-14-,22-15+. The summed E-state index contributed by atoms with van der Waals surface area (Å²) < 4.78 is 11.4. The van der Waals surface area contributed by atoms with Gasteiger partial charge in [-0.15, -0.1) is 0 Å². The number of methoxy groups -OCH3 is 2. The Morgan fingerprint density at radius 3 is 2.06 bits per heavy atom. The molecule has 0 saturated carbocycles. The number of carbonyl (C=O) groups is 1. The molecule has 0 bridgehead atoms. The van der Waals surface area contributed by atoms with Gasteiger partial charge >= 0.3 is 0 Å². The van der Waals surface area contributed by atoms with Crippen molar-refractivity contribution in [3.05, 3.63) is 71.3 Å². The highest BCUT2D eigenvalue weighted by Crippen LogP contribution is 2.51. The first-order chi connectivity index (χ1) is 15.5. The molecule has 2 aromatic carbocycles. The van der Waals surface area contributed by atoms with Crippen LogP contribution >= 0.6 is 0 Å². The third-order valence-electron chi connectivity index (χ3n) is 6.07. The number of ketones is 1. The number of fused-ring (bicyclic) bond motifs is 1. The molecule has 0 aromatic heterocycles. The molecule has 4 heteroatoms. The second-order valence-corrected chi connectivity index (χ2v) is 8.21. The van der Waals surface area contributed by atoms with Gasteiger partial charge in [-0.05, 0) is 49.0 Å². The molecule has 1 aliphatic rings. The number of benzene rings is 2. The van der Waals surface area contributed by atoms with Gasteiger partial charge in [-0.25, -0.2) is 0 Å². The first-order valence-corrected chi connectivity index (χ1v) is 11.5. The van der Waals surface area contributed by atoms with E-state index in [-0.39, 0.29) is 5.78 Å². The van der Waals surface area contributed by atoms with E-state index in [2.05, 4.69) is 13.8 Å². The molecule has 1 N–H and O–H groups in total. The Kier molecular flexibility index (Phi) is 7.92. The van der Waals surface area contributed by atoms with Gasteiger partial charge in [0.15, 0.2) is 11.4 Å². The zero-order valence-corrected chi connectivity index (χ0v) is 19.6. The molecule has 32 heavy (non-hydrogen) atoms. The smallest absolute Gasteiger partial charge is 0.199 e. The van der Waals surface area contributed by atoms with Gasteiger partial charge in [-0.1, -0.05) is 69.2 Å². The maximum Gasteiger partial charge on any atom is 0.199 e. The number of unbranched alkanes of at least 4 members (excludes halogenated alkanes) is 2. The van der Waals surface area contributed by atoms with Gasteiger partial charge in [0.2, 0.25) is 0 Å². The SMILES string of the molecule is CCC/C=C1\C(=O)C(O)(CCc2ccccc2)/C(=C/CCC)c2c(OC)ccc(OC)c21. The van der Waals surface area contributed by atoms with Crippen LogP contribution < -0.4 is 9.47 Å². The molecule has 0 fully saturated rings. The Labute approximate surface area is 191 Å². The van der Waals surface area contributed by atoms with Gasteiger partial charge < -0.3 is 14.6 Å². The lowest BCUT2D eigenvalue weighted by atomic mass is 9.69. The van der Waals surface area contributed by atoms with Gasteiger partial charge in [0, 0.05) is 16.7 Å². The summed E-state index contributed by atoms with van der Waals surface area (Å²) in [5, 5.41) is 12.0. The van der Waals surface area contributed by atoms with E-state index in [1.807, 2.05) is 54.6 Å². The zero-order chi connectivity index (χ0) is 23.1. The average molecular weight is 435 g/mol. The molecule has 4 nitrogen and oxygen atoms in total. The molecule has 1 aliphatic carbocycles. The molecule has 2 aromatic rings. The molecule has 0 saturated heterocycles. The number of hydrogen-bond acceptors (Lipinski definition) is 4. The molecule has 170 valence electrons. The fraction of sp³-hybridized carbons (Fsp3) is 0.393. The second kappa shape index (κ2) is 10.6. The third kappa shape index (κ3) is 4.51. The number of ether oxygens (including phenoxy) is 2. The summed E-state index contributed by atoms with van der Waals surface area (Å²) >= 11 is 0. The molecule has 0 radical (unpaired) electrons. The van der Waals surface area contributed by atoms with Crippen LogP contribution in [-0.2, 0) is 11.2 Å². The fourth-order valence-electron chi connectivity index (χ4n) is 4.37. The van der Waals surface area contributed by atoms with Gasteiger partial charge in [0.1, 0.15) is 11.5 Å². The molecule has 0 heterocycles. The van der Waals surface area contributed by atoms with E-state index in [9.17, 15) is 9.90 Å². The Hall–Kier alpha value is -2.85. The molecule has 0 spiro atoms. The number of aryl methyl sites for hydroxylation is 1. The maximum atomic E-state index is 13.9. The molecule has 0 amide bonds. The minimum absolute atomic E-state index is 0.261. The highest BCUT2D eigenvalue weighted by molar-refractivity contribution is 6.33. The van der Waals surface area contributed by atoms with Crippen molar-refractivity contribution in [2.75, 3.05) is 14.2 Å². The number of carbonyl (C=O) groups excluding carboxylic acids is 1. The van der Waals surface area contributed by atoms with Gasteiger partial charge in [0.05, 0.1) is 14.2 Å². The lowest BCUT2D eigenvalue weighted by molar-refractivity contribution is -0.126. The number of Topliss-reactive ketones (excluding diaryl/α,β-unsaturated/α-hetero) is 1. The normalized spacial score (nSPS) is 20.5. The van der Waals surface area contributed by atoms with E-state index in [0.29, 0.717) is 35.5 Å². The number of hydrogen-bond donors (Lipinski definition) is 1. The summed E-state index contributed by atoms with van der Waals surface area (Å²) in [5.41, 5.74) is 2.08. The highest BCUT2D eigenvalue weighted by atomic mass is 16.5. The summed E-state index contributed by atoms with van der Waals surface area (Å²) in [6.07, 6.45) is 8.14. The van der Waals surface area contributed by atoms with Crippen molar-refractivity contribution in [1.82, 2.24) is 0 Å². The summed E-state index contributed by atoms with van der Waals surface area (Å²) in [7, 11) is 3.23. The van der Waals surface area contributed by atoms with Crippen LogP contribution in [0.5, 0.6) is 11.5 Å². The van der Waals surface area contributed by atoms with Crippen molar-refractivity contribution in [2.45, 2.75) is 58.0 Å². The maximum absolute atomic E-state index is 13.9. The van der Waals surface area contributed by atoms with Crippen LogP contribution in [0.25, 0.3) is 11.1 Å². The second-order valence-electron chi connectivity index (χ2n) is 8.21. The predicted octanol–water partition coefficient (Wildman–Crippen LogP) is 6.02. The van der Waals surface area contributed by atoms with Crippen LogP contribution in [-0.4, -0.2) is 30.7 Å². The van der Waals surface area contributed by atoms with E-state index in [0.717, 1.165) is 42.4 Å². The predicted molar refractivity (Wildman–Crippen MR) is 130 cm³/mol. The first kappa shape index (κ1) is 23.8. The zero-order valence-electron chi connectivity index (χ0n) is 19.6. The Bertz CT molecular complexity index is 1000. The molecule has 3 rings (SSSR count). The van der Waals surface area contributed by atoms with E-state index in [1.54, 1.807) is 14.2 Å². The lowest BCUT2D eigenvalue weighted by Crippen LogP contribution is -2.44. The summed E-state index contributed by atoms with van der Waals surface area (Å²) in [5.74, 6) is 0.989. The lowest BCUT2D eigenvalue weighted by Gasteiger charge is -2.38. The molecule has 1 atom stereocenters. The van der Waals surface area contributed by atoms with Crippen molar-refractivity contribution < 1.29 is 19.4 Å². The van der Waals surface area contributed by atoms with E-state index in [1.165, 1.54) is 0 Å². The van der Waals surface area contributed by atoms with Crippen LogP contribution in [0.2, 0.25) is 0 Å². The monoisotopic (exact) mass is 434 g/mol. The summed E-state index contributed by atoms with van der Waals surface area (Å²) in [6.45, 7) is 4.16. The Morgan fingerprint density at radius 2 is 1.47 bits per heavy atom. The van der Waals surface area contributed by atoms with Crippen molar-refractivity contribution in [3.8, 4) is 11.5 Å². The van der Waals surface area contributed by atoms with Crippen LogP contribution in [0.4, 0.5) is 0 Å². The van der Waals surface area contributed by atoms with Crippen molar-refractivity contribution in [3.63, 3.8) is 0 Å². The summed E-state index contributed by atoms with van der Waals surface area (Å²) in [6, 6.07) is 13.7. The minimum atomic E-state index is -1.63. The minimum Gasteiger partial charge on any atom is -0.496 e. The number of rotatable bonds is 9. The van der Waals surface area contributed by atoms with Crippen LogP contribution in [0.3, 0.4) is 0 Å². The topological polar surface area (TPSA) is 55.8 Å². The van der Waals surface area contributed by atoms with Crippen molar-refractivity contribution in [1.29, 1.82) is 0 Å². The quantitative estimate of drug-likeness (QED) is 0.491. The molecular weight excluding hydrogens is 400 g/mol. The highest BCUT2D eigenvalue weighted by Gasteiger charge is 2.48. The van der Waals surface area contributed by atoms with Crippen LogP contribution in [0.1, 0.15) is 62.6 Å². The summed E-state index contributed by atoms with van der Waals surface area (Å²) in [4.78, 5) is 13.9. The molecule has 0 aliphatic heterocycles.